The van der Waals surface area contributed by atoms with Gasteiger partial charge in [0.2, 0.25) is 0 Å². The lowest BCUT2D eigenvalue weighted by Crippen LogP contribution is -2.27. The quantitative estimate of drug-likeness (QED) is 0.532. The molecule has 0 unspecified atom stereocenters. The Balaban J connectivity index is 2.45. The highest BCUT2D eigenvalue weighted by molar-refractivity contribution is 5.77. The summed E-state index contributed by atoms with van der Waals surface area (Å²) in [6.07, 6.45) is -0.907. The predicted octanol–water partition coefficient (Wildman–Crippen LogP) is 5.87. The van der Waals surface area contributed by atoms with Crippen LogP contribution in [0, 0.1) is 12.8 Å². The summed E-state index contributed by atoms with van der Waals surface area (Å²) < 4.78 is 5.99. The van der Waals surface area contributed by atoms with E-state index in [0.717, 1.165) is 16.7 Å². The van der Waals surface area contributed by atoms with E-state index in [4.69, 9.17) is 4.74 Å². The molecule has 0 heterocycles. The van der Waals surface area contributed by atoms with Gasteiger partial charge in [-0.3, -0.25) is 4.79 Å². The Kier molecular flexibility index (Phi) is 6.40. The molecule has 0 amide bonds. The largest absolute Gasteiger partial charge is 0.426 e. The summed E-state index contributed by atoms with van der Waals surface area (Å²) in [7, 11) is 0. The fourth-order valence-electron chi connectivity index (χ4n) is 3.26. The summed E-state index contributed by atoms with van der Waals surface area (Å²) in [5, 5.41) is 10.6. The highest BCUT2D eigenvalue weighted by Crippen LogP contribution is 2.41. The van der Waals surface area contributed by atoms with Gasteiger partial charge in [-0.05, 0) is 30.2 Å². The standard InChI is InChI=1S/C25H34O3/c1-16-14-19(24(3,4)5)22(20(15-16)25(6,7)8)28-23(27)17(2)21(26)18-12-10-9-11-13-18/h9-15,17,21,26H,1-8H3/t17-,21+/m0/s1. The van der Waals surface area contributed by atoms with Crippen LogP contribution in [0.3, 0.4) is 0 Å². The van der Waals surface area contributed by atoms with E-state index in [9.17, 15) is 9.90 Å². The molecule has 0 saturated heterocycles. The normalized spacial score (nSPS) is 14.5. The number of carbonyl (C=O) groups is 1. The number of carbonyl (C=O) groups excluding carboxylic acids is 1. The van der Waals surface area contributed by atoms with Gasteiger partial charge >= 0.3 is 5.97 Å². The second-order valence-corrected chi connectivity index (χ2v) is 9.75. The first-order chi connectivity index (χ1) is 12.8. The molecule has 2 aromatic carbocycles. The topological polar surface area (TPSA) is 46.5 Å². The maximum absolute atomic E-state index is 13.0. The molecule has 0 aliphatic heterocycles. The fourth-order valence-corrected chi connectivity index (χ4v) is 3.26. The zero-order valence-corrected chi connectivity index (χ0v) is 18.5. The summed E-state index contributed by atoms with van der Waals surface area (Å²) in [6.45, 7) is 16.5. The van der Waals surface area contributed by atoms with Gasteiger partial charge in [-0.15, -0.1) is 0 Å². The Bertz CT molecular complexity index is 788. The summed E-state index contributed by atoms with van der Waals surface area (Å²) in [5.74, 6) is -0.469. The molecule has 2 rings (SSSR count). The van der Waals surface area contributed by atoms with Crippen LogP contribution in [-0.2, 0) is 15.6 Å². The second kappa shape index (κ2) is 8.08. The van der Waals surface area contributed by atoms with Gasteiger partial charge in [0.05, 0.1) is 12.0 Å². The minimum absolute atomic E-state index is 0.178. The Hall–Kier alpha value is -2.13. The van der Waals surface area contributed by atoms with Gasteiger partial charge in [0.25, 0.3) is 0 Å². The molecule has 0 bridgehead atoms. The first-order valence-electron chi connectivity index (χ1n) is 9.92. The van der Waals surface area contributed by atoms with Crippen LogP contribution in [0.1, 0.15) is 76.8 Å². The first kappa shape index (κ1) is 22.2. The summed E-state index contributed by atoms with van der Waals surface area (Å²) in [6, 6.07) is 13.4. The Labute approximate surface area is 169 Å². The smallest absolute Gasteiger partial charge is 0.317 e. The molecule has 0 radical (unpaired) electrons. The molecular formula is C25H34O3. The van der Waals surface area contributed by atoms with Crippen LogP contribution in [-0.4, -0.2) is 11.1 Å². The van der Waals surface area contributed by atoms with E-state index in [0.29, 0.717) is 11.3 Å². The fraction of sp³-hybridized carbons (Fsp3) is 0.480. The monoisotopic (exact) mass is 382 g/mol. The van der Waals surface area contributed by atoms with Crippen molar-refractivity contribution < 1.29 is 14.6 Å². The number of benzene rings is 2. The van der Waals surface area contributed by atoms with Crippen LogP contribution in [0.15, 0.2) is 42.5 Å². The van der Waals surface area contributed by atoms with Gasteiger partial charge in [0.15, 0.2) is 0 Å². The first-order valence-corrected chi connectivity index (χ1v) is 9.92. The molecule has 0 aromatic heterocycles. The molecule has 2 atom stereocenters. The Morgan fingerprint density at radius 3 is 1.82 bits per heavy atom. The van der Waals surface area contributed by atoms with Crippen LogP contribution in [0.5, 0.6) is 5.75 Å². The van der Waals surface area contributed by atoms with Crippen molar-refractivity contribution >= 4 is 5.97 Å². The lowest BCUT2D eigenvalue weighted by atomic mass is 9.78. The van der Waals surface area contributed by atoms with Crippen molar-refractivity contribution in [3.63, 3.8) is 0 Å². The molecular weight excluding hydrogens is 348 g/mol. The zero-order valence-electron chi connectivity index (χ0n) is 18.5. The van der Waals surface area contributed by atoms with Crippen LogP contribution >= 0.6 is 0 Å². The lowest BCUT2D eigenvalue weighted by molar-refractivity contribution is -0.142. The second-order valence-electron chi connectivity index (χ2n) is 9.75. The van der Waals surface area contributed by atoms with Crippen LogP contribution in [0.25, 0.3) is 0 Å². The number of ether oxygens (including phenoxy) is 1. The predicted molar refractivity (Wildman–Crippen MR) is 115 cm³/mol. The molecule has 2 aromatic rings. The van der Waals surface area contributed by atoms with E-state index in [1.807, 2.05) is 30.3 Å². The van der Waals surface area contributed by atoms with Crippen molar-refractivity contribution in [2.45, 2.75) is 72.3 Å². The molecule has 3 heteroatoms. The van der Waals surface area contributed by atoms with Crippen molar-refractivity contribution in [2.75, 3.05) is 0 Å². The minimum atomic E-state index is -0.907. The number of aliphatic hydroxyl groups excluding tert-OH is 1. The highest BCUT2D eigenvalue weighted by Gasteiger charge is 2.31. The SMILES string of the molecule is Cc1cc(C(C)(C)C)c(OC(=O)[C@@H](C)[C@@H](O)c2ccccc2)c(C(C)(C)C)c1. The molecule has 0 aliphatic rings. The van der Waals surface area contributed by atoms with Crippen LogP contribution in [0.4, 0.5) is 0 Å². The van der Waals surface area contributed by atoms with E-state index >= 15 is 0 Å². The van der Waals surface area contributed by atoms with Crippen LogP contribution < -0.4 is 4.74 Å². The van der Waals surface area contributed by atoms with Gasteiger partial charge in [-0.2, -0.15) is 0 Å². The zero-order chi connectivity index (χ0) is 21.3. The number of rotatable bonds is 4. The van der Waals surface area contributed by atoms with Crippen molar-refractivity contribution in [3.05, 3.63) is 64.7 Å². The van der Waals surface area contributed by atoms with Gasteiger partial charge in [0, 0.05) is 11.1 Å². The molecule has 152 valence electrons. The number of hydrogen-bond acceptors (Lipinski definition) is 3. The van der Waals surface area contributed by atoms with E-state index in [-0.39, 0.29) is 10.8 Å². The maximum Gasteiger partial charge on any atom is 0.317 e. The number of hydrogen-bond donors (Lipinski definition) is 1. The van der Waals surface area contributed by atoms with E-state index in [2.05, 4.69) is 60.6 Å². The van der Waals surface area contributed by atoms with Gasteiger partial charge < -0.3 is 9.84 Å². The molecule has 0 spiro atoms. The summed E-state index contributed by atoms with van der Waals surface area (Å²) in [4.78, 5) is 13.0. The molecule has 0 fully saturated rings. The lowest BCUT2D eigenvalue weighted by Gasteiger charge is -2.30. The maximum atomic E-state index is 13.0. The molecule has 28 heavy (non-hydrogen) atoms. The summed E-state index contributed by atoms with van der Waals surface area (Å²) >= 11 is 0. The van der Waals surface area contributed by atoms with Gasteiger partial charge in [0.1, 0.15) is 5.75 Å². The van der Waals surface area contributed by atoms with E-state index in [1.165, 1.54) is 0 Å². The van der Waals surface area contributed by atoms with E-state index in [1.54, 1.807) is 6.92 Å². The molecule has 3 nitrogen and oxygen atoms in total. The average Bonchev–Trinajstić information content (AvgIpc) is 2.60. The third-order valence-electron chi connectivity index (χ3n) is 5.04. The van der Waals surface area contributed by atoms with Crippen LogP contribution in [0.2, 0.25) is 0 Å². The number of aryl methyl sites for hydroxylation is 1. The summed E-state index contributed by atoms with van der Waals surface area (Å²) in [5.41, 5.74) is 3.51. The van der Waals surface area contributed by atoms with Gasteiger partial charge in [-0.25, -0.2) is 0 Å². The number of aliphatic hydroxyl groups is 1. The van der Waals surface area contributed by atoms with Crippen molar-refractivity contribution in [2.24, 2.45) is 5.92 Å². The molecule has 0 saturated carbocycles. The number of esters is 1. The average molecular weight is 383 g/mol. The van der Waals surface area contributed by atoms with E-state index < -0.39 is 18.0 Å². The minimum Gasteiger partial charge on any atom is -0.426 e. The highest BCUT2D eigenvalue weighted by atomic mass is 16.5. The van der Waals surface area contributed by atoms with Crippen molar-refractivity contribution in [3.8, 4) is 5.75 Å². The molecule has 1 N–H and O–H groups in total. The van der Waals surface area contributed by atoms with Crippen molar-refractivity contribution in [1.82, 2.24) is 0 Å². The van der Waals surface area contributed by atoms with Gasteiger partial charge in [-0.1, -0.05) is 89.6 Å². The Morgan fingerprint density at radius 1 is 0.929 bits per heavy atom. The molecule has 0 aliphatic carbocycles. The third kappa shape index (κ3) is 5.02. The third-order valence-corrected chi connectivity index (χ3v) is 5.04. The Morgan fingerprint density at radius 2 is 1.39 bits per heavy atom. The van der Waals surface area contributed by atoms with Crippen molar-refractivity contribution in [1.29, 1.82) is 0 Å².